The largest absolute Gasteiger partial charge is 0.337 e. The maximum absolute atomic E-state index is 13.4. The fourth-order valence-electron chi connectivity index (χ4n) is 2.50. The molecule has 2 N–H and O–H groups in total. The number of halogens is 1. The van der Waals surface area contributed by atoms with Crippen molar-refractivity contribution in [1.29, 1.82) is 5.26 Å². The van der Waals surface area contributed by atoms with Crippen LogP contribution >= 0.6 is 11.8 Å². The second kappa shape index (κ2) is 9.37. The molecule has 1 amide bonds. The van der Waals surface area contributed by atoms with Crippen LogP contribution in [0.3, 0.4) is 0 Å². The van der Waals surface area contributed by atoms with Gasteiger partial charge in [-0.05, 0) is 44.0 Å². The standard InChI is InChI=1S/C20H27FN6OS/c1-13(2)20(4,12-22)23-17(28)11-29-19-25-24-18(14(3)26(5)6)27(19)16-9-7-15(21)8-10-16/h7-10,13-14H,11H2,1-6H3,(H,23,28)/p+1/t14-,20-/m0/s1. The van der Waals surface area contributed by atoms with Gasteiger partial charge in [0.1, 0.15) is 17.4 Å². The Morgan fingerprint density at radius 3 is 2.45 bits per heavy atom. The summed E-state index contributed by atoms with van der Waals surface area (Å²) >= 11 is 1.23. The summed E-state index contributed by atoms with van der Waals surface area (Å²) in [5, 5.41) is 21.3. The van der Waals surface area contributed by atoms with E-state index >= 15 is 0 Å². The second-order valence-corrected chi connectivity index (χ2v) is 8.70. The molecule has 7 nitrogen and oxygen atoms in total. The smallest absolute Gasteiger partial charge is 0.231 e. The van der Waals surface area contributed by atoms with E-state index in [2.05, 4.69) is 21.6 Å². The molecule has 2 aromatic rings. The molecule has 0 aliphatic carbocycles. The minimum atomic E-state index is -0.934. The summed E-state index contributed by atoms with van der Waals surface area (Å²) in [6.45, 7) is 7.51. The topological polar surface area (TPSA) is 88.0 Å². The van der Waals surface area contributed by atoms with Gasteiger partial charge in [0.2, 0.25) is 5.91 Å². The van der Waals surface area contributed by atoms with E-state index in [9.17, 15) is 14.4 Å². The number of quaternary nitrogens is 1. The summed E-state index contributed by atoms with van der Waals surface area (Å²) in [5.74, 6) is 0.206. The molecule has 2 atom stereocenters. The third-order valence-electron chi connectivity index (χ3n) is 5.11. The molecule has 0 bridgehead atoms. The lowest BCUT2D eigenvalue weighted by atomic mass is 9.90. The van der Waals surface area contributed by atoms with Crippen molar-refractivity contribution in [3.63, 3.8) is 0 Å². The minimum absolute atomic E-state index is 0.0279. The third-order valence-corrected chi connectivity index (χ3v) is 6.04. The van der Waals surface area contributed by atoms with E-state index in [-0.39, 0.29) is 29.4 Å². The highest BCUT2D eigenvalue weighted by atomic mass is 32.2. The average Bonchev–Trinajstić information content (AvgIpc) is 3.09. The molecule has 1 aromatic heterocycles. The van der Waals surface area contributed by atoms with Crippen molar-refractivity contribution in [1.82, 2.24) is 20.1 Å². The average molecular weight is 420 g/mol. The zero-order valence-corrected chi connectivity index (χ0v) is 18.5. The Morgan fingerprint density at radius 2 is 1.93 bits per heavy atom. The zero-order valence-electron chi connectivity index (χ0n) is 17.7. The lowest BCUT2D eigenvalue weighted by Crippen LogP contribution is -3.05. The van der Waals surface area contributed by atoms with Crippen molar-refractivity contribution >= 4 is 17.7 Å². The van der Waals surface area contributed by atoms with Gasteiger partial charge in [0.05, 0.1) is 25.9 Å². The number of benzene rings is 1. The maximum atomic E-state index is 13.4. The molecule has 0 unspecified atom stereocenters. The number of amides is 1. The number of nitriles is 1. The zero-order chi connectivity index (χ0) is 21.8. The molecule has 29 heavy (non-hydrogen) atoms. The fraction of sp³-hybridized carbons (Fsp3) is 0.500. The predicted octanol–water partition coefficient (Wildman–Crippen LogP) is 1.76. The van der Waals surface area contributed by atoms with Crippen molar-refractivity contribution in [2.24, 2.45) is 5.92 Å². The van der Waals surface area contributed by atoms with Gasteiger partial charge in [-0.3, -0.25) is 9.36 Å². The second-order valence-electron chi connectivity index (χ2n) is 7.76. The van der Waals surface area contributed by atoms with Crippen LogP contribution in [0.5, 0.6) is 0 Å². The van der Waals surface area contributed by atoms with Gasteiger partial charge in [-0.15, -0.1) is 10.2 Å². The molecule has 0 spiro atoms. The van der Waals surface area contributed by atoms with Gasteiger partial charge in [-0.2, -0.15) is 5.26 Å². The monoisotopic (exact) mass is 419 g/mol. The quantitative estimate of drug-likeness (QED) is 0.637. The summed E-state index contributed by atoms with van der Waals surface area (Å²) in [6, 6.07) is 8.30. The number of carbonyl (C=O) groups is 1. The molecule has 9 heteroatoms. The number of thioether (sulfide) groups is 1. The van der Waals surface area contributed by atoms with Crippen LogP contribution in [0.15, 0.2) is 29.4 Å². The van der Waals surface area contributed by atoms with Gasteiger partial charge >= 0.3 is 0 Å². The van der Waals surface area contributed by atoms with Crippen LogP contribution in [0.1, 0.15) is 39.6 Å². The molecule has 2 rings (SSSR count). The highest BCUT2D eigenvalue weighted by molar-refractivity contribution is 7.99. The van der Waals surface area contributed by atoms with Crippen molar-refractivity contribution in [3.8, 4) is 11.8 Å². The van der Waals surface area contributed by atoms with Crippen LogP contribution in [-0.4, -0.2) is 46.1 Å². The Balaban J connectivity index is 2.28. The van der Waals surface area contributed by atoms with E-state index in [1.54, 1.807) is 19.1 Å². The van der Waals surface area contributed by atoms with Crippen molar-refractivity contribution in [2.45, 2.75) is 44.4 Å². The third kappa shape index (κ3) is 5.34. The Morgan fingerprint density at radius 1 is 1.31 bits per heavy atom. The van der Waals surface area contributed by atoms with E-state index in [4.69, 9.17) is 0 Å². The van der Waals surface area contributed by atoms with Gasteiger partial charge in [-0.1, -0.05) is 25.6 Å². The van der Waals surface area contributed by atoms with Crippen molar-refractivity contribution in [3.05, 3.63) is 35.9 Å². The molecule has 0 saturated heterocycles. The molecule has 0 aliphatic rings. The molecule has 1 aromatic carbocycles. The molecule has 156 valence electrons. The molecule has 0 aliphatic heterocycles. The highest BCUT2D eigenvalue weighted by Gasteiger charge is 2.30. The number of aromatic nitrogens is 3. The number of nitrogens with one attached hydrogen (secondary N) is 2. The molecule has 0 saturated carbocycles. The van der Waals surface area contributed by atoms with Gasteiger partial charge < -0.3 is 10.2 Å². The first-order valence-electron chi connectivity index (χ1n) is 9.45. The summed E-state index contributed by atoms with van der Waals surface area (Å²) in [6.07, 6.45) is 0. The van der Waals surface area contributed by atoms with Crippen molar-refractivity contribution < 1.29 is 14.1 Å². The SMILES string of the molecule is CC(C)[C@](C)(C#N)NC(=O)CSc1nnc([C@H](C)[NH+](C)C)n1-c1ccc(F)cc1. The Labute approximate surface area is 175 Å². The van der Waals surface area contributed by atoms with Crippen LogP contribution in [-0.2, 0) is 4.79 Å². The fourth-order valence-corrected chi connectivity index (χ4v) is 3.26. The first-order valence-corrected chi connectivity index (χ1v) is 10.4. The van der Waals surface area contributed by atoms with Gasteiger partial charge in [0.25, 0.3) is 0 Å². The Hall–Kier alpha value is -2.44. The summed E-state index contributed by atoms with van der Waals surface area (Å²) < 4.78 is 15.2. The number of hydrogen-bond donors (Lipinski definition) is 2. The van der Waals surface area contributed by atoms with E-state index in [0.717, 1.165) is 16.4 Å². The summed E-state index contributed by atoms with van der Waals surface area (Å²) in [5.41, 5.74) is -0.206. The molecular weight excluding hydrogens is 391 g/mol. The number of hydrogen-bond acceptors (Lipinski definition) is 5. The van der Waals surface area contributed by atoms with Crippen molar-refractivity contribution in [2.75, 3.05) is 19.8 Å². The number of carbonyl (C=O) groups excluding carboxylic acids is 1. The van der Waals surface area contributed by atoms with Gasteiger partial charge in [0.15, 0.2) is 11.0 Å². The number of nitrogens with zero attached hydrogens (tertiary/aromatic N) is 4. The molecule has 1 heterocycles. The van der Waals surface area contributed by atoms with E-state index in [0.29, 0.717) is 5.16 Å². The van der Waals surface area contributed by atoms with Gasteiger partial charge in [0, 0.05) is 5.69 Å². The highest BCUT2D eigenvalue weighted by Crippen LogP contribution is 2.25. The normalized spacial score (nSPS) is 14.5. The predicted molar refractivity (Wildman–Crippen MR) is 110 cm³/mol. The molecule has 0 radical (unpaired) electrons. The van der Waals surface area contributed by atoms with Crippen LogP contribution in [0, 0.1) is 23.1 Å². The Bertz CT molecular complexity index is 889. The van der Waals surface area contributed by atoms with E-state index in [1.165, 1.54) is 23.9 Å². The number of rotatable bonds is 8. The van der Waals surface area contributed by atoms with Crippen LogP contribution in [0.25, 0.3) is 5.69 Å². The first-order chi connectivity index (χ1) is 13.6. The Kier molecular flexibility index (Phi) is 7.38. The van der Waals surface area contributed by atoms with Crippen LogP contribution < -0.4 is 10.2 Å². The lowest BCUT2D eigenvalue weighted by Gasteiger charge is -2.27. The first kappa shape index (κ1) is 22.8. The summed E-state index contributed by atoms with van der Waals surface area (Å²) in [4.78, 5) is 13.6. The van der Waals surface area contributed by atoms with E-state index < -0.39 is 5.54 Å². The molecular formula is C20H28FN6OS+. The van der Waals surface area contributed by atoms with E-state index in [1.807, 2.05) is 39.4 Å². The minimum Gasteiger partial charge on any atom is -0.337 e. The molecule has 0 fully saturated rings. The lowest BCUT2D eigenvalue weighted by molar-refractivity contribution is -0.890. The summed E-state index contributed by atoms with van der Waals surface area (Å²) in [7, 11) is 4.03. The maximum Gasteiger partial charge on any atom is 0.231 e. The van der Waals surface area contributed by atoms with Gasteiger partial charge in [-0.25, -0.2) is 4.39 Å². The van der Waals surface area contributed by atoms with Crippen LogP contribution in [0.2, 0.25) is 0 Å². The van der Waals surface area contributed by atoms with Crippen LogP contribution in [0.4, 0.5) is 4.39 Å².